The van der Waals surface area contributed by atoms with Gasteiger partial charge in [-0.15, -0.1) is 0 Å². The maximum Gasteiger partial charge on any atom is 0.242 e. The number of hydrogen-bond donors (Lipinski definition) is 0. The molecular weight excluding hydrogens is 377 g/mol. The molecule has 0 amide bonds. The van der Waals surface area contributed by atoms with Crippen LogP contribution in [0.4, 0.5) is 10.1 Å². The summed E-state index contributed by atoms with van der Waals surface area (Å²) < 4.78 is 28.0. The third kappa shape index (κ3) is 2.76. The number of rotatable bonds is 2. The summed E-state index contributed by atoms with van der Waals surface area (Å²) in [6, 6.07) is 18.6. The Morgan fingerprint density at radius 2 is 1.79 bits per heavy atom. The minimum absolute atomic E-state index is 0.0544. The van der Waals surface area contributed by atoms with E-state index in [2.05, 4.69) is 11.5 Å². The number of nitrogens with zero attached hydrogens (tertiary/aromatic N) is 1. The molecule has 0 bridgehead atoms. The maximum atomic E-state index is 14.8. The lowest BCUT2D eigenvalue weighted by molar-refractivity contribution is -0.483. The second-order valence-corrected chi connectivity index (χ2v) is 7.53. The molecule has 0 spiro atoms. The standard InChI is InChI=1S/C23H18ClFNO2/c1-14-9-16-11-21-22(28-13-27-21)12-18(16)23(15-5-4-6-17(24)10-15)26(14)20-8-3-2-7-19(20)25/h2-8,10-12,14H,9,13H2,1H3/q+1. The van der Waals surface area contributed by atoms with E-state index in [1.54, 1.807) is 6.07 Å². The van der Waals surface area contributed by atoms with Gasteiger partial charge in [0.25, 0.3) is 0 Å². The molecule has 3 nitrogen and oxygen atoms in total. The second kappa shape index (κ2) is 6.64. The lowest BCUT2D eigenvalue weighted by atomic mass is 9.88. The van der Waals surface area contributed by atoms with Gasteiger partial charge in [0.15, 0.2) is 23.4 Å². The molecule has 5 heteroatoms. The van der Waals surface area contributed by atoms with E-state index in [1.165, 1.54) is 6.07 Å². The Hall–Kier alpha value is -2.85. The Morgan fingerprint density at radius 3 is 2.57 bits per heavy atom. The highest BCUT2D eigenvalue weighted by atomic mass is 35.5. The van der Waals surface area contributed by atoms with Crippen LogP contribution in [-0.4, -0.2) is 23.1 Å². The fraction of sp³-hybridized carbons (Fsp3) is 0.174. The molecule has 0 N–H and O–H groups in total. The third-order valence-electron chi connectivity index (χ3n) is 5.26. The van der Waals surface area contributed by atoms with Crippen molar-refractivity contribution in [2.75, 3.05) is 6.79 Å². The van der Waals surface area contributed by atoms with Crippen LogP contribution in [0.25, 0.3) is 0 Å². The predicted octanol–water partition coefficient (Wildman–Crippen LogP) is 5.33. The van der Waals surface area contributed by atoms with Crippen LogP contribution in [0.15, 0.2) is 60.7 Å². The van der Waals surface area contributed by atoms with Gasteiger partial charge in [-0.25, -0.2) is 0 Å². The number of fused-ring (bicyclic) bond motifs is 2. The van der Waals surface area contributed by atoms with Crippen molar-refractivity contribution < 1.29 is 18.4 Å². The number of ether oxygens (including phenoxy) is 2. The van der Waals surface area contributed by atoms with Crippen molar-refractivity contribution in [2.24, 2.45) is 0 Å². The van der Waals surface area contributed by atoms with Crippen molar-refractivity contribution in [2.45, 2.75) is 19.4 Å². The summed E-state index contributed by atoms with van der Waals surface area (Å²) in [5, 5.41) is 0.638. The predicted molar refractivity (Wildman–Crippen MR) is 107 cm³/mol. The molecule has 0 aliphatic carbocycles. The molecule has 28 heavy (non-hydrogen) atoms. The summed E-state index contributed by atoms with van der Waals surface area (Å²) in [5.74, 6) is 1.22. The summed E-state index contributed by atoms with van der Waals surface area (Å²) in [6.07, 6.45) is 0.768. The van der Waals surface area contributed by atoms with E-state index in [4.69, 9.17) is 21.1 Å². The Morgan fingerprint density at radius 1 is 1.00 bits per heavy atom. The van der Waals surface area contributed by atoms with E-state index in [9.17, 15) is 4.39 Å². The minimum atomic E-state index is -0.252. The molecular formula is C23H18ClFNO2+. The topological polar surface area (TPSA) is 21.5 Å². The third-order valence-corrected chi connectivity index (χ3v) is 5.50. The van der Waals surface area contributed by atoms with E-state index in [-0.39, 0.29) is 18.7 Å². The van der Waals surface area contributed by atoms with Gasteiger partial charge >= 0.3 is 0 Å². The largest absolute Gasteiger partial charge is 0.454 e. The summed E-state index contributed by atoms with van der Waals surface area (Å²) >= 11 is 6.30. The van der Waals surface area contributed by atoms with Crippen LogP contribution >= 0.6 is 11.6 Å². The van der Waals surface area contributed by atoms with Crippen LogP contribution in [-0.2, 0) is 6.42 Å². The molecule has 0 radical (unpaired) electrons. The molecule has 2 aliphatic heterocycles. The van der Waals surface area contributed by atoms with Crippen LogP contribution in [0, 0.1) is 5.82 Å². The van der Waals surface area contributed by atoms with Gasteiger partial charge in [-0.3, -0.25) is 0 Å². The molecule has 0 fully saturated rings. The van der Waals surface area contributed by atoms with Gasteiger partial charge in [-0.05, 0) is 48.9 Å². The van der Waals surface area contributed by atoms with Crippen molar-refractivity contribution in [3.8, 4) is 11.5 Å². The zero-order chi connectivity index (χ0) is 19.3. The molecule has 0 saturated heterocycles. The molecule has 3 aromatic rings. The number of halogens is 2. The van der Waals surface area contributed by atoms with Gasteiger partial charge in [0, 0.05) is 23.1 Å². The van der Waals surface area contributed by atoms with Crippen molar-refractivity contribution in [1.82, 2.24) is 0 Å². The summed E-state index contributed by atoms with van der Waals surface area (Å²) in [5.41, 5.74) is 4.56. The van der Waals surface area contributed by atoms with Crippen molar-refractivity contribution in [3.05, 3.63) is 88.2 Å². The average molecular weight is 395 g/mol. The summed E-state index contributed by atoms with van der Waals surface area (Å²) in [4.78, 5) is 0. The molecule has 5 rings (SSSR count). The second-order valence-electron chi connectivity index (χ2n) is 7.10. The molecule has 1 unspecified atom stereocenters. The van der Waals surface area contributed by atoms with E-state index in [0.29, 0.717) is 16.5 Å². The van der Waals surface area contributed by atoms with E-state index < -0.39 is 0 Å². The normalized spacial score (nSPS) is 17.6. The first kappa shape index (κ1) is 17.3. The summed E-state index contributed by atoms with van der Waals surface area (Å²) in [7, 11) is 0. The number of benzene rings is 3. The van der Waals surface area contributed by atoms with Gasteiger partial charge in [-0.1, -0.05) is 29.8 Å². The van der Waals surface area contributed by atoms with Gasteiger partial charge in [-0.2, -0.15) is 8.97 Å². The quantitative estimate of drug-likeness (QED) is 0.547. The average Bonchev–Trinajstić information content (AvgIpc) is 3.13. The Labute approximate surface area is 167 Å². The van der Waals surface area contributed by atoms with Crippen molar-refractivity contribution >= 4 is 23.0 Å². The molecule has 2 heterocycles. The first-order chi connectivity index (χ1) is 13.6. The highest BCUT2D eigenvalue weighted by Gasteiger charge is 2.37. The Bertz CT molecular complexity index is 1130. The van der Waals surface area contributed by atoms with Crippen LogP contribution in [0.2, 0.25) is 5.02 Å². The van der Waals surface area contributed by atoms with Gasteiger partial charge < -0.3 is 9.47 Å². The highest BCUT2D eigenvalue weighted by Crippen LogP contribution is 2.39. The van der Waals surface area contributed by atoms with E-state index >= 15 is 0 Å². The van der Waals surface area contributed by atoms with E-state index in [0.717, 1.165) is 34.6 Å². The molecule has 3 aromatic carbocycles. The summed E-state index contributed by atoms with van der Waals surface area (Å²) in [6.45, 7) is 2.32. The number of para-hydroxylation sites is 1. The zero-order valence-electron chi connectivity index (χ0n) is 15.3. The van der Waals surface area contributed by atoms with E-state index in [1.807, 2.05) is 48.5 Å². The first-order valence-corrected chi connectivity index (χ1v) is 9.59. The van der Waals surface area contributed by atoms with Gasteiger partial charge in [0.1, 0.15) is 0 Å². The Balaban J connectivity index is 1.85. The monoisotopic (exact) mass is 394 g/mol. The fourth-order valence-corrected chi connectivity index (χ4v) is 4.26. The van der Waals surface area contributed by atoms with Crippen LogP contribution in [0.1, 0.15) is 23.6 Å². The van der Waals surface area contributed by atoms with Crippen LogP contribution in [0.5, 0.6) is 11.5 Å². The number of hydrogen-bond acceptors (Lipinski definition) is 2. The highest BCUT2D eigenvalue weighted by molar-refractivity contribution is 6.31. The fourth-order valence-electron chi connectivity index (χ4n) is 4.07. The smallest absolute Gasteiger partial charge is 0.242 e. The SMILES string of the molecule is CC1Cc2cc3c(cc2C(c2cccc(Cl)c2)=[N+]1c1ccccc1F)OCO3. The minimum Gasteiger partial charge on any atom is -0.454 e. The van der Waals surface area contributed by atoms with Gasteiger partial charge in [0.05, 0.1) is 5.56 Å². The molecule has 0 aromatic heterocycles. The Kier molecular flexibility index (Phi) is 4.09. The lowest BCUT2D eigenvalue weighted by Gasteiger charge is -2.24. The molecule has 140 valence electrons. The molecule has 0 saturated carbocycles. The van der Waals surface area contributed by atoms with Crippen LogP contribution < -0.4 is 9.47 Å². The van der Waals surface area contributed by atoms with Crippen molar-refractivity contribution in [1.29, 1.82) is 0 Å². The zero-order valence-corrected chi connectivity index (χ0v) is 16.0. The maximum absolute atomic E-state index is 14.8. The lowest BCUT2D eigenvalue weighted by Crippen LogP contribution is -2.35. The van der Waals surface area contributed by atoms with Crippen LogP contribution in [0.3, 0.4) is 0 Å². The first-order valence-electron chi connectivity index (χ1n) is 9.21. The van der Waals surface area contributed by atoms with Gasteiger partial charge in [0.2, 0.25) is 18.2 Å². The van der Waals surface area contributed by atoms with Crippen molar-refractivity contribution in [3.63, 3.8) is 0 Å². The molecule has 1 atom stereocenters. The molecule has 2 aliphatic rings.